The van der Waals surface area contributed by atoms with Crippen LogP contribution in [0.15, 0.2) is 48.5 Å². The van der Waals surface area contributed by atoms with Crippen molar-refractivity contribution in [3.8, 4) is 0 Å². The molecule has 2 aromatic rings. The molecule has 0 heterocycles. The Kier molecular flexibility index (Phi) is 3.58. The maximum Gasteiger partial charge on any atom is 0.253 e. The van der Waals surface area contributed by atoms with Crippen LogP contribution in [0.25, 0.3) is 0 Å². The van der Waals surface area contributed by atoms with Gasteiger partial charge in [-0.15, -0.1) is 0 Å². The molecule has 1 aliphatic carbocycles. The second-order valence-electron chi connectivity index (χ2n) is 5.14. The number of nitrogens with one attached hydrogen (secondary N) is 2. The van der Waals surface area contributed by atoms with Gasteiger partial charge in [0.15, 0.2) is 0 Å². The lowest BCUT2D eigenvalue weighted by Gasteiger charge is -2.10. The number of halogens is 1. The Labute approximate surface area is 122 Å². The predicted molar refractivity (Wildman–Crippen MR) is 79.3 cm³/mol. The highest BCUT2D eigenvalue weighted by Gasteiger charge is 2.39. The molecule has 2 atom stereocenters. The number of carbonyl (C=O) groups excluding carboxylic acids is 1. The molecule has 1 saturated carbocycles. The van der Waals surface area contributed by atoms with Crippen LogP contribution in [0.1, 0.15) is 28.3 Å². The summed E-state index contributed by atoms with van der Waals surface area (Å²) in [7, 11) is 0. The number of carbonyl (C=O) groups is 1. The minimum absolute atomic E-state index is 0.0203. The predicted octanol–water partition coefficient (Wildman–Crippen LogP) is 2.40. The van der Waals surface area contributed by atoms with E-state index in [1.54, 1.807) is 6.07 Å². The molecule has 0 aliphatic heterocycles. The summed E-state index contributed by atoms with van der Waals surface area (Å²) >= 11 is 0. The molecule has 21 heavy (non-hydrogen) atoms. The van der Waals surface area contributed by atoms with E-state index in [0.29, 0.717) is 5.92 Å². The Hall–Kier alpha value is -2.40. The summed E-state index contributed by atoms with van der Waals surface area (Å²) in [5.74, 6) is 4.76. The number of anilines is 1. The van der Waals surface area contributed by atoms with Crippen LogP contribution in [0.2, 0.25) is 0 Å². The first kappa shape index (κ1) is 13.6. The third-order valence-electron chi connectivity index (χ3n) is 3.74. The molecule has 1 amide bonds. The Morgan fingerprint density at radius 1 is 1.14 bits per heavy atom. The SMILES string of the molecule is NNc1c(F)cccc1C(=O)NC1CC1c1ccccc1. The quantitative estimate of drug-likeness (QED) is 0.597. The first-order valence-corrected chi connectivity index (χ1v) is 6.81. The van der Waals surface area contributed by atoms with E-state index in [2.05, 4.69) is 10.7 Å². The topological polar surface area (TPSA) is 67.1 Å². The van der Waals surface area contributed by atoms with Crippen LogP contribution >= 0.6 is 0 Å². The Bertz CT molecular complexity index is 660. The normalized spacial score (nSPS) is 19.9. The third kappa shape index (κ3) is 2.73. The van der Waals surface area contributed by atoms with Crippen molar-refractivity contribution in [2.24, 2.45) is 5.84 Å². The lowest BCUT2D eigenvalue weighted by Crippen LogP contribution is -2.28. The molecule has 5 heteroatoms. The van der Waals surface area contributed by atoms with Gasteiger partial charge >= 0.3 is 0 Å². The standard InChI is InChI=1S/C16H16FN3O/c17-13-8-4-7-11(15(13)20-18)16(21)19-14-9-12(14)10-5-2-1-3-6-10/h1-8,12,14,20H,9,18H2,(H,19,21). The fourth-order valence-corrected chi connectivity index (χ4v) is 2.53. The van der Waals surface area contributed by atoms with Gasteiger partial charge in [-0.2, -0.15) is 0 Å². The molecule has 1 aliphatic rings. The van der Waals surface area contributed by atoms with Gasteiger partial charge < -0.3 is 10.7 Å². The first-order valence-electron chi connectivity index (χ1n) is 6.81. The van der Waals surface area contributed by atoms with Crippen LogP contribution in [-0.2, 0) is 0 Å². The molecule has 1 fully saturated rings. The number of hydrogen-bond donors (Lipinski definition) is 3. The second-order valence-corrected chi connectivity index (χ2v) is 5.14. The maximum atomic E-state index is 13.6. The van der Waals surface area contributed by atoms with Crippen LogP contribution < -0.4 is 16.6 Å². The van der Waals surface area contributed by atoms with Crippen LogP contribution in [0, 0.1) is 5.82 Å². The number of amides is 1. The van der Waals surface area contributed by atoms with Crippen LogP contribution in [0.4, 0.5) is 10.1 Å². The number of hydrogen-bond acceptors (Lipinski definition) is 3. The van der Waals surface area contributed by atoms with Gasteiger partial charge in [-0.1, -0.05) is 36.4 Å². The lowest BCUT2D eigenvalue weighted by atomic mass is 10.1. The van der Waals surface area contributed by atoms with Gasteiger partial charge in [0, 0.05) is 12.0 Å². The fraction of sp³-hybridized carbons (Fsp3) is 0.188. The molecule has 4 nitrogen and oxygen atoms in total. The van der Waals surface area contributed by atoms with E-state index in [0.717, 1.165) is 6.42 Å². The summed E-state index contributed by atoms with van der Waals surface area (Å²) in [5, 5.41) is 2.92. The van der Waals surface area contributed by atoms with E-state index in [1.165, 1.54) is 17.7 Å². The number of para-hydroxylation sites is 1. The molecule has 2 aromatic carbocycles. The van der Waals surface area contributed by atoms with Gasteiger partial charge in [0.2, 0.25) is 0 Å². The molecular weight excluding hydrogens is 269 g/mol. The van der Waals surface area contributed by atoms with Crippen molar-refractivity contribution >= 4 is 11.6 Å². The zero-order chi connectivity index (χ0) is 14.8. The minimum Gasteiger partial charge on any atom is -0.349 e. The summed E-state index contributed by atoms with van der Waals surface area (Å²) in [4.78, 5) is 12.2. The molecule has 2 unspecified atom stereocenters. The van der Waals surface area contributed by atoms with Crippen molar-refractivity contribution in [2.75, 3.05) is 5.43 Å². The summed E-state index contributed by atoms with van der Waals surface area (Å²) < 4.78 is 13.6. The molecule has 0 saturated heterocycles. The number of rotatable bonds is 4. The lowest BCUT2D eigenvalue weighted by molar-refractivity contribution is 0.0950. The van der Waals surface area contributed by atoms with E-state index in [9.17, 15) is 9.18 Å². The van der Waals surface area contributed by atoms with Crippen molar-refractivity contribution in [2.45, 2.75) is 18.4 Å². The number of hydrazine groups is 1. The van der Waals surface area contributed by atoms with Gasteiger partial charge in [-0.05, 0) is 24.1 Å². The number of nitrogens with two attached hydrogens (primary N) is 1. The minimum atomic E-state index is -0.541. The van der Waals surface area contributed by atoms with E-state index < -0.39 is 5.82 Å². The third-order valence-corrected chi connectivity index (χ3v) is 3.74. The number of benzene rings is 2. The first-order chi connectivity index (χ1) is 10.2. The molecular formula is C16H16FN3O. The summed E-state index contributed by atoms with van der Waals surface area (Å²) in [6, 6.07) is 14.4. The van der Waals surface area contributed by atoms with E-state index >= 15 is 0 Å². The monoisotopic (exact) mass is 285 g/mol. The summed E-state index contributed by atoms with van der Waals surface area (Å²) in [6.45, 7) is 0. The van der Waals surface area contributed by atoms with E-state index in [1.807, 2.05) is 30.3 Å². The Morgan fingerprint density at radius 2 is 1.90 bits per heavy atom. The molecule has 0 spiro atoms. The zero-order valence-electron chi connectivity index (χ0n) is 11.3. The molecule has 4 N–H and O–H groups in total. The molecule has 0 bridgehead atoms. The Balaban J connectivity index is 1.70. The largest absolute Gasteiger partial charge is 0.349 e. The van der Waals surface area contributed by atoms with Crippen molar-refractivity contribution in [3.05, 3.63) is 65.5 Å². The smallest absolute Gasteiger partial charge is 0.253 e. The van der Waals surface area contributed by atoms with Gasteiger partial charge in [0.05, 0.1) is 11.3 Å². The van der Waals surface area contributed by atoms with Crippen molar-refractivity contribution in [1.82, 2.24) is 5.32 Å². The highest BCUT2D eigenvalue weighted by molar-refractivity contribution is 6.00. The maximum absolute atomic E-state index is 13.6. The molecule has 0 radical (unpaired) electrons. The van der Waals surface area contributed by atoms with Gasteiger partial charge in [-0.25, -0.2) is 4.39 Å². The molecule has 3 rings (SSSR count). The fourth-order valence-electron chi connectivity index (χ4n) is 2.53. The zero-order valence-corrected chi connectivity index (χ0v) is 11.3. The second kappa shape index (κ2) is 5.54. The summed E-state index contributed by atoms with van der Waals surface area (Å²) in [6.07, 6.45) is 0.899. The van der Waals surface area contributed by atoms with E-state index in [4.69, 9.17) is 5.84 Å². The average Bonchev–Trinajstić information content (AvgIpc) is 3.27. The van der Waals surface area contributed by atoms with Crippen molar-refractivity contribution in [1.29, 1.82) is 0 Å². The Morgan fingerprint density at radius 3 is 2.62 bits per heavy atom. The number of nitrogen functional groups attached to an aromatic ring is 1. The van der Waals surface area contributed by atoms with Gasteiger partial charge in [-0.3, -0.25) is 10.6 Å². The molecule has 108 valence electrons. The highest BCUT2D eigenvalue weighted by Crippen LogP contribution is 2.40. The van der Waals surface area contributed by atoms with Gasteiger partial charge in [0.1, 0.15) is 5.82 Å². The molecule has 0 aromatic heterocycles. The van der Waals surface area contributed by atoms with Crippen LogP contribution in [0.3, 0.4) is 0 Å². The van der Waals surface area contributed by atoms with Gasteiger partial charge in [0.25, 0.3) is 5.91 Å². The summed E-state index contributed by atoms with van der Waals surface area (Å²) in [5.41, 5.74) is 3.69. The average molecular weight is 285 g/mol. The van der Waals surface area contributed by atoms with Crippen LogP contribution in [0.5, 0.6) is 0 Å². The van der Waals surface area contributed by atoms with E-state index in [-0.39, 0.29) is 23.2 Å². The van der Waals surface area contributed by atoms with Crippen molar-refractivity contribution < 1.29 is 9.18 Å². The van der Waals surface area contributed by atoms with Crippen LogP contribution in [-0.4, -0.2) is 11.9 Å². The van der Waals surface area contributed by atoms with Crippen molar-refractivity contribution in [3.63, 3.8) is 0 Å². The highest BCUT2D eigenvalue weighted by atomic mass is 19.1.